The Morgan fingerprint density at radius 3 is 2.44 bits per heavy atom. The number of rotatable bonds is 6. The first-order chi connectivity index (χ1) is 12.8. The molecule has 7 heteroatoms. The lowest BCUT2D eigenvalue weighted by Gasteiger charge is -2.29. The predicted molar refractivity (Wildman–Crippen MR) is 103 cm³/mol. The number of hydrogen-bond acceptors (Lipinski definition) is 4. The van der Waals surface area contributed by atoms with Gasteiger partial charge in [-0.1, -0.05) is 24.3 Å². The summed E-state index contributed by atoms with van der Waals surface area (Å²) >= 11 is 0. The Bertz CT molecular complexity index is 908. The molecule has 144 valence electrons. The first-order valence-electron chi connectivity index (χ1n) is 8.96. The second-order valence-corrected chi connectivity index (χ2v) is 8.56. The van der Waals surface area contributed by atoms with Crippen molar-refractivity contribution in [2.75, 3.05) is 13.1 Å². The molecule has 0 aromatic heterocycles. The molecule has 0 atom stereocenters. The number of benzene rings is 2. The maximum atomic E-state index is 12.4. The van der Waals surface area contributed by atoms with Crippen LogP contribution >= 0.6 is 0 Å². The summed E-state index contributed by atoms with van der Waals surface area (Å²) in [4.78, 5) is 14.2. The summed E-state index contributed by atoms with van der Waals surface area (Å²) in [5.41, 5.74) is 2.35. The molecule has 0 bridgehead atoms. The minimum Gasteiger partial charge on any atom is -0.491 e. The van der Waals surface area contributed by atoms with Gasteiger partial charge in [-0.05, 0) is 55.7 Å². The summed E-state index contributed by atoms with van der Waals surface area (Å²) in [7, 11) is -3.75. The van der Waals surface area contributed by atoms with Crippen molar-refractivity contribution in [1.82, 2.24) is 9.62 Å². The normalized spacial score (nSPS) is 14.1. The van der Waals surface area contributed by atoms with Gasteiger partial charge in [-0.3, -0.25) is 4.79 Å². The molecule has 1 amide bonds. The molecule has 3 rings (SSSR count). The van der Waals surface area contributed by atoms with Crippen molar-refractivity contribution in [3.8, 4) is 5.75 Å². The van der Waals surface area contributed by atoms with Crippen LogP contribution < -0.4 is 9.46 Å². The molecule has 0 radical (unpaired) electrons. The Labute approximate surface area is 160 Å². The molecule has 2 aromatic carbocycles. The fourth-order valence-corrected chi connectivity index (χ4v) is 4.00. The SMILES string of the molecule is CC(C)Oc1ccc(S(=O)(=O)NCC(=O)N2CCc3ccccc3C2)cc1. The Morgan fingerprint density at radius 1 is 1.11 bits per heavy atom. The summed E-state index contributed by atoms with van der Waals surface area (Å²) < 4.78 is 32.8. The van der Waals surface area contributed by atoms with Crippen molar-refractivity contribution < 1.29 is 17.9 Å². The lowest BCUT2D eigenvalue weighted by atomic mass is 10.00. The van der Waals surface area contributed by atoms with E-state index in [0.29, 0.717) is 18.8 Å². The van der Waals surface area contributed by atoms with Crippen LogP contribution in [0.4, 0.5) is 0 Å². The third kappa shape index (κ3) is 4.87. The average molecular weight is 388 g/mol. The molecular formula is C20H24N2O4S. The second-order valence-electron chi connectivity index (χ2n) is 6.80. The highest BCUT2D eigenvalue weighted by Gasteiger charge is 2.22. The van der Waals surface area contributed by atoms with Crippen LogP contribution in [0.5, 0.6) is 5.75 Å². The Morgan fingerprint density at radius 2 is 1.78 bits per heavy atom. The summed E-state index contributed by atoms with van der Waals surface area (Å²) in [5.74, 6) is 0.375. The van der Waals surface area contributed by atoms with E-state index in [-0.39, 0.29) is 23.5 Å². The fourth-order valence-electron chi connectivity index (χ4n) is 3.03. The lowest BCUT2D eigenvalue weighted by Crippen LogP contribution is -2.42. The van der Waals surface area contributed by atoms with Crippen molar-refractivity contribution in [2.24, 2.45) is 0 Å². The number of carbonyl (C=O) groups is 1. The van der Waals surface area contributed by atoms with Crippen molar-refractivity contribution in [2.45, 2.75) is 37.8 Å². The molecule has 0 spiro atoms. The number of fused-ring (bicyclic) bond motifs is 1. The second kappa shape index (κ2) is 8.10. The van der Waals surface area contributed by atoms with E-state index in [1.54, 1.807) is 17.0 Å². The Kier molecular flexibility index (Phi) is 5.82. The van der Waals surface area contributed by atoms with Crippen LogP contribution in [0.3, 0.4) is 0 Å². The van der Waals surface area contributed by atoms with E-state index in [9.17, 15) is 13.2 Å². The summed E-state index contributed by atoms with van der Waals surface area (Å²) in [6, 6.07) is 14.2. The summed E-state index contributed by atoms with van der Waals surface area (Å²) in [6.45, 7) is 4.65. The van der Waals surface area contributed by atoms with Crippen molar-refractivity contribution in [1.29, 1.82) is 0 Å². The smallest absolute Gasteiger partial charge is 0.241 e. The molecular weight excluding hydrogens is 364 g/mol. The van der Waals surface area contributed by atoms with E-state index < -0.39 is 10.0 Å². The van der Waals surface area contributed by atoms with Gasteiger partial charge in [-0.15, -0.1) is 0 Å². The van der Waals surface area contributed by atoms with Crippen molar-refractivity contribution in [3.05, 3.63) is 59.7 Å². The van der Waals surface area contributed by atoms with Gasteiger partial charge in [-0.2, -0.15) is 0 Å². The zero-order valence-corrected chi connectivity index (χ0v) is 16.3. The highest BCUT2D eigenvalue weighted by molar-refractivity contribution is 7.89. The van der Waals surface area contributed by atoms with Gasteiger partial charge in [0.05, 0.1) is 17.5 Å². The van der Waals surface area contributed by atoms with Gasteiger partial charge in [0.25, 0.3) is 0 Å². The van der Waals surface area contributed by atoms with Gasteiger partial charge in [0.2, 0.25) is 15.9 Å². The number of amides is 1. The number of nitrogens with zero attached hydrogens (tertiary/aromatic N) is 1. The first-order valence-corrected chi connectivity index (χ1v) is 10.4. The zero-order chi connectivity index (χ0) is 19.4. The van der Waals surface area contributed by atoms with E-state index in [0.717, 1.165) is 12.0 Å². The first kappa shape index (κ1) is 19.4. The molecule has 0 saturated heterocycles. The van der Waals surface area contributed by atoms with Gasteiger partial charge in [0.15, 0.2) is 0 Å². The number of hydrogen-bond donors (Lipinski definition) is 1. The molecule has 2 aromatic rings. The highest BCUT2D eigenvalue weighted by Crippen LogP contribution is 2.19. The van der Waals surface area contributed by atoms with E-state index >= 15 is 0 Å². The minimum atomic E-state index is -3.75. The van der Waals surface area contributed by atoms with Crippen molar-refractivity contribution >= 4 is 15.9 Å². The molecule has 1 N–H and O–H groups in total. The Balaban J connectivity index is 1.59. The Hall–Kier alpha value is -2.38. The third-order valence-corrected chi connectivity index (χ3v) is 5.82. The van der Waals surface area contributed by atoms with E-state index in [1.807, 2.05) is 32.0 Å². The zero-order valence-electron chi connectivity index (χ0n) is 15.5. The standard InChI is InChI=1S/C20H24N2O4S/c1-15(2)26-18-7-9-19(10-8-18)27(24,25)21-13-20(23)22-12-11-16-5-3-4-6-17(16)14-22/h3-10,15,21H,11-14H2,1-2H3. The molecule has 0 fully saturated rings. The topological polar surface area (TPSA) is 75.7 Å². The number of nitrogens with one attached hydrogen (secondary N) is 1. The number of carbonyl (C=O) groups excluding carboxylic acids is 1. The van der Waals surface area contributed by atoms with Gasteiger partial charge in [-0.25, -0.2) is 13.1 Å². The van der Waals surface area contributed by atoms with E-state index in [4.69, 9.17) is 4.74 Å². The largest absolute Gasteiger partial charge is 0.491 e. The monoisotopic (exact) mass is 388 g/mol. The van der Waals surface area contributed by atoms with Crippen LogP contribution in [0.25, 0.3) is 0 Å². The maximum Gasteiger partial charge on any atom is 0.241 e. The molecule has 0 unspecified atom stereocenters. The van der Waals surface area contributed by atoms with Crippen LogP contribution in [0.15, 0.2) is 53.4 Å². The van der Waals surface area contributed by atoms with Crippen LogP contribution in [0.1, 0.15) is 25.0 Å². The number of ether oxygens (including phenoxy) is 1. The van der Waals surface area contributed by atoms with Crippen LogP contribution in [-0.2, 0) is 27.8 Å². The van der Waals surface area contributed by atoms with E-state index in [2.05, 4.69) is 10.8 Å². The summed E-state index contributed by atoms with van der Waals surface area (Å²) in [5, 5.41) is 0. The minimum absolute atomic E-state index is 0.0119. The molecule has 6 nitrogen and oxygen atoms in total. The molecule has 1 aliphatic rings. The van der Waals surface area contributed by atoms with Gasteiger partial charge >= 0.3 is 0 Å². The maximum absolute atomic E-state index is 12.4. The fraction of sp³-hybridized carbons (Fsp3) is 0.350. The van der Waals surface area contributed by atoms with Gasteiger partial charge < -0.3 is 9.64 Å². The molecule has 27 heavy (non-hydrogen) atoms. The van der Waals surface area contributed by atoms with Crippen molar-refractivity contribution in [3.63, 3.8) is 0 Å². The third-order valence-electron chi connectivity index (χ3n) is 4.40. The van der Waals surface area contributed by atoms with Gasteiger partial charge in [0, 0.05) is 13.1 Å². The highest BCUT2D eigenvalue weighted by atomic mass is 32.2. The summed E-state index contributed by atoms with van der Waals surface area (Å²) in [6.07, 6.45) is 0.796. The number of sulfonamides is 1. The molecule has 1 aliphatic heterocycles. The van der Waals surface area contributed by atoms with Crippen LogP contribution in [0, 0.1) is 0 Å². The molecule has 0 saturated carbocycles. The average Bonchev–Trinajstić information content (AvgIpc) is 2.66. The predicted octanol–water partition coefficient (Wildman–Crippen LogP) is 2.34. The van der Waals surface area contributed by atoms with Crippen LogP contribution in [0.2, 0.25) is 0 Å². The molecule has 1 heterocycles. The molecule has 0 aliphatic carbocycles. The van der Waals surface area contributed by atoms with Gasteiger partial charge in [0.1, 0.15) is 5.75 Å². The van der Waals surface area contributed by atoms with E-state index in [1.165, 1.54) is 17.7 Å². The quantitative estimate of drug-likeness (QED) is 0.824. The lowest BCUT2D eigenvalue weighted by molar-refractivity contribution is -0.130. The van der Waals surface area contributed by atoms with Crippen LogP contribution in [-0.4, -0.2) is 38.4 Å².